The van der Waals surface area contributed by atoms with E-state index in [4.69, 9.17) is 0 Å². The molecule has 0 fully saturated rings. The fourth-order valence-electron chi connectivity index (χ4n) is 1.47. The van der Waals surface area contributed by atoms with Gasteiger partial charge in [0.2, 0.25) is 11.8 Å². The molecule has 1 aromatic carbocycles. The van der Waals surface area contributed by atoms with E-state index >= 15 is 0 Å². The maximum absolute atomic E-state index is 11.6. The van der Waals surface area contributed by atoms with Gasteiger partial charge >= 0.3 is 0 Å². The maximum Gasteiger partial charge on any atom is 0.239 e. The van der Waals surface area contributed by atoms with Crippen LogP contribution in [0.4, 0.5) is 0 Å². The van der Waals surface area contributed by atoms with Crippen LogP contribution in [0.1, 0.15) is 19.4 Å². The Bertz CT molecular complexity index is 444. The van der Waals surface area contributed by atoms with Crippen LogP contribution in [0.25, 0.3) is 0 Å². The molecule has 0 aromatic heterocycles. The molecule has 0 aliphatic rings. The van der Waals surface area contributed by atoms with E-state index in [0.29, 0.717) is 18.0 Å². The highest BCUT2D eigenvalue weighted by Gasteiger charge is 2.07. The van der Waals surface area contributed by atoms with Crippen molar-refractivity contribution in [2.45, 2.75) is 20.3 Å². The zero-order valence-corrected chi connectivity index (χ0v) is 11.3. The first-order valence-corrected chi connectivity index (χ1v) is 6.28. The third kappa shape index (κ3) is 6.45. The second-order valence-corrected chi connectivity index (χ2v) is 4.82. The predicted molar refractivity (Wildman–Crippen MR) is 72.7 cm³/mol. The summed E-state index contributed by atoms with van der Waals surface area (Å²) in [7, 11) is 0. The molecule has 0 heterocycles. The number of carbonyl (C=O) groups excluding carboxylic acids is 2. The van der Waals surface area contributed by atoms with Crippen molar-refractivity contribution in [1.29, 1.82) is 0 Å². The molecule has 104 valence electrons. The Balaban J connectivity index is 2.30. The summed E-state index contributed by atoms with van der Waals surface area (Å²) in [5, 5.41) is 14.5. The van der Waals surface area contributed by atoms with Crippen LogP contribution in [0.2, 0.25) is 0 Å². The third-order valence-electron chi connectivity index (χ3n) is 2.43. The number of amides is 2. The van der Waals surface area contributed by atoms with E-state index in [1.807, 2.05) is 13.8 Å². The summed E-state index contributed by atoms with van der Waals surface area (Å²) in [6, 6.07) is 6.49. The number of carbonyl (C=O) groups is 2. The van der Waals surface area contributed by atoms with E-state index in [1.54, 1.807) is 18.2 Å². The summed E-state index contributed by atoms with van der Waals surface area (Å²) < 4.78 is 0. The van der Waals surface area contributed by atoms with Gasteiger partial charge in [-0.05, 0) is 23.6 Å². The van der Waals surface area contributed by atoms with Gasteiger partial charge in [-0.3, -0.25) is 9.59 Å². The lowest BCUT2D eigenvalue weighted by Gasteiger charge is -2.08. The molecule has 3 N–H and O–H groups in total. The molecule has 0 unspecified atom stereocenters. The Morgan fingerprint density at radius 2 is 1.95 bits per heavy atom. The molecule has 0 spiro atoms. The zero-order chi connectivity index (χ0) is 14.3. The quantitative estimate of drug-likeness (QED) is 0.712. The average Bonchev–Trinajstić information content (AvgIpc) is 2.34. The van der Waals surface area contributed by atoms with Crippen molar-refractivity contribution in [3.8, 4) is 5.75 Å². The molecule has 0 atom stereocenters. The molecule has 0 saturated heterocycles. The van der Waals surface area contributed by atoms with Gasteiger partial charge in [0.1, 0.15) is 5.75 Å². The van der Waals surface area contributed by atoms with Crippen LogP contribution < -0.4 is 10.6 Å². The van der Waals surface area contributed by atoms with E-state index in [9.17, 15) is 14.7 Å². The number of hydrogen-bond donors (Lipinski definition) is 3. The first kappa shape index (κ1) is 15.0. The van der Waals surface area contributed by atoms with Crippen LogP contribution in [0.5, 0.6) is 5.75 Å². The van der Waals surface area contributed by atoms with Gasteiger partial charge in [0, 0.05) is 6.54 Å². The van der Waals surface area contributed by atoms with Crippen molar-refractivity contribution in [2.75, 3.05) is 13.1 Å². The summed E-state index contributed by atoms with van der Waals surface area (Å²) in [6.07, 6.45) is 0.145. The van der Waals surface area contributed by atoms with Crippen molar-refractivity contribution in [3.63, 3.8) is 0 Å². The Morgan fingerprint density at radius 1 is 1.21 bits per heavy atom. The highest BCUT2D eigenvalue weighted by atomic mass is 16.3. The number of phenolic OH excluding ortho intramolecular Hbond substituents is 1. The lowest BCUT2D eigenvalue weighted by atomic mass is 10.1. The Kier molecular flexibility index (Phi) is 5.85. The van der Waals surface area contributed by atoms with E-state index in [-0.39, 0.29) is 30.5 Å². The lowest BCUT2D eigenvalue weighted by molar-refractivity contribution is -0.125. The predicted octanol–water partition coefficient (Wildman–Crippen LogP) is 0.823. The number of aromatic hydroxyl groups is 1. The van der Waals surface area contributed by atoms with Crippen LogP contribution in [0.15, 0.2) is 24.3 Å². The summed E-state index contributed by atoms with van der Waals surface area (Å²) in [5.74, 6) is 0.0650. The minimum Gasteiger partial charge on any atom is -0.508 e. The molecule has 2 amide bonds. The molecule has 0 aliphatic carbocycles. The smallest absolute Gasteiger partial charge is 0.239 e. The first-order valence-electron chi connectivity index (χ1n) is 6.28. The van der Waals surface area contributed by atoms with Gasteiger partial charge in [-0.15, -0.1) is 0 Å². The monoisotopic (exact) mass is 264 g/mol. The van der Waals surface area contributed by atoms with Gasteiger partial charge in [-0.2, -0.15) is 0 Å². The standard InChI is InChI=1S/C14H20N2O3/c1-10(2)8-15-14(19)9-16-13(18)7-11-4-3-5-12(17)6-11/h3-6,10,17H,7-9H2,1-2H3,(H,15,19)(H,16,18). The van der Waals surface area contributed by atoms with Crippen molar-refractivity contribution in [3.05, 3.63) is 29.8 Å². The highest BCUT2D eigenvalue weighted by molar-refractivity contribution is 5.85. The third-order valence-corrected chi connectivity index (χ3v) is 2.43. The van der Waals surface area contributed by atoms with Gasteiger partial charge in [0.15, 0.2) is 0 Å². The van der Waals surface area contributed by atoms with E-state index < -0.39 is 0 Å². The Labute approximate surface area is 113 Å². The van der Waals surface area contributed by atoms with E-state index in [2.05, 4.69) is 10.6 Å². The molecule has 0 bridgehead atoms. The topological polar surface area (TPSA) is 78.4 Å². The molecule has 5 heteroatoms. The summed E-state index contributed by atoms with van der Waals surface area (Å²) >= 11 is 0. The van der Waals surface area contributed by atoms with Crippen LogP contribution in [-0.4, -0.2) is 30.0 Å². The SMILES string of the molecule is CC(C)CNC(=O)CNC(=O)Cc1cccc(O)c1. The van der Waals surface area contributed by atoms with Crippen molar-refractivity contribution >= 4 is 11.8 Å². The zero-order valence-electron chi connectivity index (χ0n) is 11.3. The molecule has 1 aromatic rings. The summed E-state index contributed by atoms with van der Waals surface area (Å²) in [4.78, 5) is 23.0. The first-order chi connectivity index (χ1) is 8.97. The van der Waals surface area contributed by atoms with Gasteiger partial charge in [0.05, 0.1) is 13.0 Å². The maximum atomic E-state index is 11.6. The number of hydrogen-bond acceptors (Lipinski definition) is 3. The fourth-order valence-corrected chi connectivity index (χ4v) is 1.47. The van der Waals surface area contributed by atoms with E-state index in [0.717, 1.165) is 0 Å². The molecule has 1 rings (SSSR count). The van der Waals surface area contributed by atoms with Crippen LogP contribution in [0, 0.1) is 5.92 Å². The van der Waals surface area contributed by atoms with Crippen LogP contribution >= 0.6 is 0 Å². The second-order valence-electron chi connectivity index (χ2n) is 4.82. The molecule has 0 aliphatic heterocycles. The van der Waals surface area contributed by atoms with Crippen LogP contribution in [0.3, 0.4) is 0 Å². The van der Waals surface area contributed by atoms with Gasteiger partial charge in [-0.1, -0.05) is 26.0 Å². The molecule has 0 saturated carbocycles. The minimum absolute atomic E-state index is 0.0234. The van der Waals surface area contributed by atoms with Crippen molar-refractivity contribution in [1.82, 2.24) is 10.6 Å². The van der Waals surface area contributed by atoms with Crippen molar-refractivity contribution in [2.24, 2.45) is 5.92 Å². The van der Waals surface area contributed by atoms with Gasteiger partial charge in [0.25, 0.3) is 0 Å². The van der Waals surface area contributed by atoms with Gasteiger partial charge in [-0.25, -0.2) is 0 Å². The molecular weight excluding hydrogens is 244 g/mol. The second kappa shape index (κ2) is 7.41. The van der Waals surface area contributed by atoms with E-state index in [1.165, 1.54) is 6.07 Å². The minimum atomic E-state index is -0.245. The Morgan fingerprint density at radius 3 is 2.58 bits per heavy atom. The van der Waals surface area contributed by atoms with Gasteiger partial charge < -0.3 is 15.7 Å². The lowest BCUT2D eigenvalue weighted by Crippen LogP contribution is -2.38. The summed E-state index contributed by atoms with van der Waals surface area (Å²) in [6.45, 7) is 4.58. The molecule has 0 radical (unpaired) electrons. The molecule has 19 heavy (non-hydrogen) atoms. The number of phenols is 1. The normalized spacial score (nSPS) is 10.3. The average molecular weight is 264 g/mol. The molecular formula is C14H20N2O3. The number of benzene rings is 1. The number of nitrogens with one attached hydrogen (secondary N) is 2. The number of rotatable bonds is 6. The largest absolute Gasteiger partial charge is 0.508 e. The fraction of sp³-hybridized carbons (Fsp3) is 0.429. The van der Waals surface area contributed by atoms with Crippen LogP contribution in [-0.2, 0) is 16.0 Å². The highest BCUT2D eigenvalue weighted by Crippen LogP contribution is 2.10. The summed E-state index contributed by atoms with van der Waals surface area (Å²) in [5.41, 5.74) is 0.708. The molecule has 5 nitrogen and oxygen atoms in total. The van der Waals surface area contributed by atoms with Crippen molar-refractivity contribution < 1.29 is 14.7 Å². The Hall–Kier alpha value is -2.04.